The van der Waals surface area contributed by atoms with Crippen molar-refractivity contribution in [2.75, 3.05) is 0 Å². The Hall–Kier alpha value is -1.55. The van der Waals surface area contributed by atoms with E-state index < -0.39 is 11.6 Å². The molecule has 2 aromatic rings. The lowest BCUT2D eigenvalue weighted by atomic mass is 10.1. The summed E-state index contributed by atoms with van der Waals surface area (Å²) >= 11 is 0. The van der Waals surface area contributed by atoms with Gasteiger partial charge in [0.1, 0.15) is 11.6 Å². The molecule has 1 aromatic carbocycles. The number of nitrogens with two attached hydrogens (primary N) is 1. The monoisotopic (exact) mass is 208 g/mol. The Morgan fingerprint density at radius 2 is 2.07 bits per heavy atom. The van der Waals surface area contributed by atoms with Crippen molar-refractivity contribution in [3.05, 3.63) is 41.7 Å². The van der Waals surface area contributed by atoms with Crippen LogP contribution in [0.5, 0.6) is 0 Å². The topological polar surface area (TPSA) is 38.9 Å². The van der Waals surface area contributed by atoms with Crippen LogP contribution in [-0.4, -0.2) is 4.98 Å². The third-order valence-corrected chi connectivity index (χ3v) is 2.24. The highest BCUT2D eigenvalue weighted by molar-refractivity contribution is 5.85. The normalized spacial score (nSPS) is 13.1. The number of benzene rings is 1. The molecule has 2 N–H and O–H groups in total. The van der Waals surface area contributed by atoms with Gasteiger partial charge in [0.15, 0.2) is 0 Å². The first-order chi connectivity index (χ1) is 7.09. The molecule has 0 aliphatic carbocycles. The number of halogens is 2. The standard InChI is InChI=1S/C11H10F2N2/c1-6(14)11-10-7(2-3-15-11)4-8(12)5-9(10)13/h2-6H,14H2,1H3. The molecule has 1 aromatic heterocycles. The third-order valence-electron chi connectivity index (χ3n) is 2.24. The van der Waals surface area contributed by atoms with Gasteiger partial charge in [0.2, 0.25) is 0 Å². The predicted octanol–water partition coefficient (Wildman–Crippen LogP) is 2.53. The zero-order valence-corrected chi connectivity index (χ0v) is 8.17. The number of fused-ring (bicyclic) bond motifs is 1. The Labute approximate surface area is 85.7 Å². The molecule has 4 heteroatoms. The van der Waals surface area contributed by atoms with E-state index in [9.17, 15) is 8.78 Å². The van der Waals surface area contributed by atoms with Crippen LogP contribution in [0.4, 0.5) is 8.78 Å². The summed E-state index contributed by atoms with van der Waals surface area (Å²) in [5, 5.41) is 0.781. The molecular weight excluding hydrogens is 198 g/mol. The van der Waals surface area contributed by atoms with E-state index in [-0.39, 0.29) is 6.04 Å². The molecule has 0 radical (unpaired) electrons. The van der Waals surface area contributed by atoms with Crippen LogP contribution in [-0.2, 0) is 0 Å². The molecule has 0 amide bonds. The zero-order valence-electron chi connectivity index (χ0n) is 8.17. The predicted molar refractivity (Wildman–Crippen MR) is 54.3 cm³/mol. The number of pyridine rings is 1. The van der Waals surface area contributed by atoms with Crippen molar-refractivity contribution in [2.24, 2.45) is 5.73 Å². The quantitative estimate of drug-likeness (QED) is 0.782. The van der Waals surface area contributed by atoms with Gasteiger partial charge in [-0.2, -0.15) is 0 Å². The minimum Gasteiger partial charge on any atom is -0.323 e. The molecule has 0 fully saturated rings. The summed E-state index contributed by atoms with van der Waals surface area (Å²) in [6.07, 6.45) is 1.50. The fourth-order valence-corrected chi connectivity index (χ4v) is 1.60. The molecule has 0 saturated carbocycles. The summed E-state index contributed by atoms with van der Waals surface area (Å²) in [5.74, 6) is -1.22. The van der Waals surface area contributed by atoms with Gasteiger partial charge >= 0.3 is 0 Å². The highest BCUT2D eigenvalue weighted by Crippen LogP contribution is 2.24. The fraction of sp³-hybridized carbons (Fsp3) is 0.182. The van der Waals surface area contributed by atoms with E-state index in [4.69, 9.17) is 5.73 Å². The van der Waals surface area contributed by atoms with Crippen LogP contribution in [0.2, 0.25) is 0 Å². The molecule has 0 bridgehead atoms. The Morgan fingerprint density at radius 1 is 1.33 bits per heavy atom. The highest BCUT2D eigenvalue weighted by Gasteiger charge is 2.12. The van der Waals surface area contributed by atoms with Gasteiger partial charge in [-0.3, -0.25) is 4.98 Å². The van der Waals surface area contributed by atoms with E-state index >= 15 is 0 Å². The largest absolute Gasteiger partial charge is 0.323 e. The Balaban J connectivity index is 2.85. The minimum atomic E-state index is -0.620. The number of hydrogen-bond donors (Lipinski definition) is 1. The van der Waals surface area contributed by atoms with Crippen LogP contribution >= 0.6 is 0 Å². The first-order valence-electron chi connectivity index (χ1n) is 4.59. The summed E-state index contributed by atoms with van der Waals surface area (Å²) in [7, 11) is 0. The van der Waals surface area contributed by atoms with Crippen molar-refractivity contribution in [1.82, 2.24) is 4.98 Å². The first-order valence-corrected chi connectivity index (χ1v) is 4.59. The van der Waals surface area contributed by atoms with E-state index in [1.807, 2.05) is 0 Å². The average molecular weight is 208 g/mol. The van der Waals surface area contributed by atoms with E-state index in [0.717, 1.165) is 6.07 Å². The van der Waals surface area contributed by atoms with Crippen LogP contribution in [0, 0.1) is 11.6 Å². The minimum absolute atomic E-state index is 0.300. The van der Waals surface area contributed by atoms with Gasteiger partial charge in [0.25, 0.3) is 0 Å². The Kier molecular flexibility index (Phi) is 2.36. The zero-order chi connectivity index (χ0) is 11.0. The Morgan fingerprint density at radius 3 is 2.73 bits per heavy atom. The van der Waals surface area contributed by atoms with Crippen molar-refractivity contribution >= 4 is 10.8 Å². The SMILES string of the molecule is CC(N)c1nccc2cc(F)cc(F)c12. The molecule has 1 unspecified atom stereocenters. The van der Waals surface area contributed by atoms with Crippen molar-refractivity contribution < 1.29 is 8.78 Å². The molecule has 15 heavy (non-hydrogen) atoms. The number of rotatable bonds is 1. The van der Waals surface area contributed by atoms with E-state index in [1.54, 1.807) is 13.0 Å². The maximum Gasteiger partial charge on any atom is 0.135 e. The van der Waals surface area contributed by atoms with E-state index in [1.165, 1.54) is 12.3 Å². The number of aromatic nitrogens is 1. The van der Waals surface area contributed by atoms with Gasteiger partial charge in [-0.15, -0.1) is 0 Å². The van der Waals surface area contributed by atoms with Gasteiger partial charge in [-0.1, -0.05) is 0 Å². The lowest BCUT2D eigenvalue weighted by Gasteiger charge is -2.09. The molecule has 0 aliphatic rings. The summed E-state index contributed by atoms with van der Waals surface area (Å²) < 4.78 is 26.5. The summed E-state index contributed by atoms with van der Waals surface area (Å²) in [4.78, 5) is 4.01. The van der Waals surface area contributed by atoms with Crippen molar-refractivity contribution in [2.45, 2.75) is 13.0 Å². The summed E-state index contributed by atoms with van der Waals surface area (Å²) in [5.41, 5.74) is 6.11. The lowest BCUT2D eigenvalue weighted by Crippen LogP contribution is -2.08. The van der Waals surface area contributed by atoms with Gasteiger partial charge < -0.3 is 5.73 Å². The molecule has 0 spiro atoms. The van der Waals surface area contributed by atoms with Gasteiger partial charge in [-0.25, -0.2) is 8.78 Å². The fourth-order valence-electron chi connectivity index (χ4n) is 1.60. The molecular formula is C11H10F2N2. The molecule has 2 rings (SSSR count). The van der Waals surface area contributed by atoms with Gasteiger partial charge in [0, 0.05) is 23.7 Å². The van der Waals surface area contributed by atoms with Crippen LogP contribution in [0.25, 0.3) is 10.8 Å². The Bertz CT molecular complexity index is 509. The summed E-state index contributed by atoms with van der Waals surface area (Å²) in [6.45, 7) is 1.71. The summed E-state index contributed by atoms with van der Waals surface area (Å²) in [6, 6.07) is 3.29. The lowest BCUT2D eigenvalue weighted by molar-refractivity contribution is 0.590. The van der Waals surface area contributed by atoms with Crippen LogP contribution in [0.15, 0.2) is 24.4 Å². The maximum absolute atomic E-state index is 13.5. The van der Waals surface area contributed by atoms with Crippen molar-refractivity contribution in [1.29, 1.82) is 0 Å². The average Bonchev–Trinajstić information content (AvgIpc) is 2.16. The second kappa shape index (κ2) is 3.55. The van der Waals surface area contributed by atoms with Crippen LogP contribution in [0.3, 0.4) is 0 Å². The molecule has 1 atom stereocenters. The van der Waals surface area contributed by atoms with Crippen LogP contribution < -0.4 is 5.73 Å². The van der Waals surface area contributed by atoms with E-state index in [0.29, 0.717) is 16.5 Å². The third kappa shape index (κ3) is 1.68. The molecule has 0 aliphatic heterocycles. The smallest absolute Gasteiger partial charge is 0.135 e. The molecule has 1 heterocycles. The molecule has 78 valence electrons. The van der Waals surface area contributed by atoms with Gasteiger partial charge in [0.05, 0.1) is 5.69 Å². The number of hydrogen-bond acceptors (Lipinski definition) is 2. The highest BCUT2D eigenvalue weighted by atomic mass is 19.1. The maximum atomic E-state index is 13.5. The first kappa shape index (κ1) is 9.98. The van der Waals surface area contributed by atoms with Crippen molar-refractivity contribution in [3.8, 4) is 0 Å². The second-order valence-corrected chi connectivity index (χ2v) is 3.47. The molecule has 2 nitrogen and oxygen atoms in total. The molecule has 0 saturated heterocycles. The van der Waals surface area contributed by atoms with Crippen molar-refractivity contribution in [3.63, 3.8) is 0 Å². The number of nitrogens with zero attached hydrogens (tertiary/aromatic N) is 1. The van der Waals surface area contributed by atoms with Gasteiger partial charge in [-0.05, 0) is 24.4 Å². The van der Waals surface area contributed by atoms with E-state index in [2.05, 4.69) is 4.98 Å². The van der Waals surface area contributed by atoms with Crippen LogP contribution in [0.1, 0.15) is 18.7 Å². The second-order valence-electron chi connectivity index (χ2n) is 3.47.